The molecule has 0 saturated heterocycles. The number of carbonyl (C=O) groups is 1. The molecule has 0 radical (unpaired) electrons. The van der Waals surface area contributed by atoms with Gasteiger partial charge in [0.15, 0.2) is 0 Å². The second kappa shape index (κ2) is 7.14. The molecule has 0 saturated carbocycles. The van der Waals surface area contributed by atoms with E-state index in [1.54, 1.807) is 22.9 Å². The Morgan fingerprint density at radius 3 is 2.54 bits per heavy atom. The third-order valence-electron chi connectivity index (χ3n) is 4.42. The molecule has 0 atom stereocenters. The van der Waals surface area contributed by atoms with Gasteiger partial charge in [0.25, 0.3) is 0 Å². The van der Waals surface area contributed by atoms with Crippen LogP contribution in [-0.2, 0) is 0 Å². The number of hydrogen-bond donors (Lipinski definition) is 0. The zero-order valence-corrected chi connectivity index (χ0v) is 17.8. The van der Waals surface area contributed by atoms with Crippen LogP contribution in [0.2, 0.25) is 0 Å². The number of fused-ring (bicyclic) bond motifs is 1. The van der Waals surface area contributed by atoms with Gasteiger partial charge in [0.2, 0.25) is 0 Å². The van der Waals surface area contributed by atoms with Gasteiger partial charge >= 0.3 is 5.97 Å². The van der Waals surface area contributed by atoms with E-state index in [1.165, 1.54) is 23.5 Å². The average molecular weight is 459 g/mol. The van der Waals surface area contributed by atoms with E-state index in [-0.39, 0.29) is 5.82 Å². The van der Waals surface area contributed by atoms with E-state index in [9.17, 15) is 9.18 Å². The Hall–Kier alpha value is -2.51. The van der Waals surface area contributed by atoms with Crippen molar-refractivity contribution in [1.82, 2.24) is 9.78 Å². The molecule has 0 fully saturated rings. The number of aryl methyl sites for hydroxylation is 3. The number of benzene rings is 2. The highest BCUT2D eigenvalue weighted by atomic mass is 79.9. The van der Waals surface area contributed by atoms with Crippen molar-refractivity contribution in [2.24, 2.45) is 0 Å². The quantitative estimate of drug-likeness (QED) is 0.273. The summed E-state index contributed by atoms with van der Waals surface area (Å²) in [5.41, 5.74) is 3.14. The number of halogens is 2. The number of carbonyl (C=O) groups excluding carboxylic acids is 1. The molecular formula is C21H16BrFN2O2S. The number of esters is 1. The van der Waals surface area contributed by atoms with Gasteiger partial charge in [-0.15, -0.1) is 11.3 Å². The average Bonchev–Trinajstić information content (AvgIpc) is 3.19. The summed E-state index contributed by atoms with van der Waals surface area (Å²) in [5.74, 6) is -0.190. The molecule has 0 spiro atoms. The second-order valence-electron chi connectivity index (χ2n) is 6.56. The molecule has 142 valence electrons. The molecular weight excluding hydrogens is 443 g/mol. The molecule has 2 aromatic heterocycles. The third kappa shape index (κ3) is 3.36. The predicted octanol–water partition coefficient (Wildman–Crippen LogP) is 6.13. The van der Waals surface area contributed by atoms with E-state index in [4.69, 9.17) is 4.74 Å². The molecule has 7 heteroatoms. The smallest absolute Gasteiger partial charge is 0.353 e. The number of aromatic nitrogens is 2. The summed E-state index contributed by atoms with van der Waals surface area (Å²) in [5, 5.41) is 5.34. The lowest BCUT2D eigenvalue weighted by molar-refractivity contribution is 0.0737. The van der Waals surface area contributed by atoms with E-state index in [0.717, 1.165) is 31.5 Å². The fourth-order valence-corrected chi connectivity index (χ4v) is 4.88. The van der Waals surface area contributed by atoms with Crippen molar-refractivity contribution in [3.8, 4) is 11.4 Å². The SMILES string of the molecule is Cc1cc(Br)cc(C)c1OC(=O)c1cc2c(C)nn(-c3cccc(F)c3)c2s1. The molecule has 2 heterocycles. The third-order valence-corrected chi connectivity index (χ3v) is 5.97. The zero-order chi connectivity index (χ0) is 20.0. The van der Waals surface area contributed by atoms with Crippen molar-refractivity contribution in [1.29, 1.82) is 0 Å². The normalized spacial score (nSPS) is 11.2. The Morgan fingerprint density at radius 1 is 1.14 bits per heavy atom. The van der Waals surface area contributed by atoms with Crippen LogP contribution in [0.25, 0.3) is 15.9 Å². The van der Waals surface area contributed by atoms with Crippen molar-refractivity contribution in [2.75, 3.05) is 0 Å². The molecule has 28 heavy (non-hydrogen) atoms. The van der Waals surface area contributed by atoms with E-state index in [1.807, 2.05) is 32.9 Å². The first-order valence-electron chi connectivity index (χ1n) is 8.57. The lowest BCUT2D eigenvalue weighted by Gasteiger charge is -2.10. The van der Waals surface area contributed by atoms with E-state index in [2.05, 4.69) is 21.0 Å². The molecule has 0 aliphatic heterocycles. The lowest BCUT2D eigenvalue weighted by atomic mass is 10.1. The van der Waals surface area contributed by atoms with E-state index >= 15 is 0 Å². The van der Waals surface area contributed by atoms with Gasteiger partial charge in [-0.1, -0.05) is 22.0 Å². The van der Waals surface area contributed by atoms with Gasteiger partial charge in [0, 0.05) is 9.86 Å². The Balaban J connectivity index is 1.73. The molecule has 0 amide bonds. The minimum Gasteiger partial charge on any atom is -0.422 e. The number of hydrogen-bond acceptors (Lipinski definition) is 4. The monoisotopic (exact) mass is 458 g/mol. The van der Waals surface area contributed by atoms with Crippen LogP contribution in [0, 0.1) is 26.6 Å². The number of rotatable bonds is 3. The minimum atomic E-state index is -0.417. The van der Waals surface area contributed by atoms with Gasteiger partial charge in [0.05, 0.1) is 11.4 Å². The summed E-state index contributed by atoms with van der Waals surface area (Å²) in [6.07, 6.45) is 0. The number of ether oxygens (including phenoxy) is 1. The first-order valence-corrected chi connectivity index (χ1v) is 10.2. The molecule has 0 unspecified atom stereocenters. The number of thiophene rings is 1. The predicted molar refractivity (Wildman–Crippen MR) is 112 cm³/mol. The molecule has 0 aliphatic rings. The van der Waals surface area contributed by atoms with Crippen LogP contribution in [0.1, 0.15) is 26.5 Å². The van der Waals surface area contributed by atoms with Crippen LogP contribution in [0.3, 0.4) is 0 Å². The molecule has 0 N–H and O–H groups in total. The van der Waals surface area contributed by atoms with Gasteiger partial charge in [-0.25, -0.2) is 13.9 Å². The van der Waals surface area contributed by atoms with Gasteiger partial charge in [-0.05, 0) is 68.3 Å². The van der Waals surface area contributed by atoms with Crippen LogP contribution in [0.4, 0.5) is 4.39 Å². The molecule has 4 nitrogen and oxygen atoms in total. The first-order chi connectivity index (χ1) is 13.3. The maximum absolute atomic E-state index is 13.6. The van der Waals surface area contributed by atoms with E-state index in [0.29, 0.717) is 16.3 Å². The largest absolute Gasteiger partial charge is 0.422 e. The molecule has 4 aromatic rings. The summed E-state index contributed by atoms with van der Waals surface area (Å²) in [6.45, 7) is 5.66. The van der Waals surface area contributed by atoms with Gasteiger partial charge in [-0.3, -0.25) is 0 Å². The van der Waals surface area contributed by atoms with Crippen LogP contribution >= 0.6 is 27.3 Å². The van der Waals surface area contributed by atoms with Crippen molar-refractivity contribution in [2.45, 2.75) is 20.8 Å². The van der Waals surface area contributed by atoms with Crippen LogP contribution < -0.4 is 4.74 Å². The fraction of sp³-hybridized carbons (Fsp3) is 0.143. The van der Waals surface area contributed by atoms with Gasteiger partial charge in [0.1, 0.15) is 21.3 Å². The van der Waals surface area contributed by atoms with Gasteiger partial charge < -0.3 is 4.74 Å². The summed E-state index contributed by atoms with van der Waals surface area (Å²) in [7, 11) is 0. The molecule has 0 aliphatic carbocycles. The van der Waals surface area contributed by atoms with Crippen molar-refractivity contribution < 1.29 is 13.9 Å². The van der Waals surface area contributed by atoms with Crippen molar-refractivity contribution >= 4 is 43.5 Å². The van der Waals surface area contributed by atoms with Crippen LogP contribution in [0.5, 0.6) is 5.75 Å². The molecule has 4 rings (SSSR count). The summed E-state index contributed by atoms with van der Waals surface area (Å²) >= 11 is 4.73. The Bertz CT molecular complexity index is 1210. The maximum Gasteiger partial charge on any atom is 0.353 e. The van der Waals surface area contributed by atoms with Crippen LogP contribution in [0.15, 0.2) is 46.9 Å². The maximum atomic E-state index is 13.6. The summed E-state index contributed by atoms with van der Waals surface area (Å²) < 4.78 is 21.9. The van der Waals surface area contributed by atoms with Crippen molar-refractivity contribution in [3.05, 3.63) is 74.5 Å². The Kier molecular flexibility index (Phi) is 4.81. The topological polar surface area (TPSA) is 44.1 Å². The van der Waals surface area contributed by atoms with Gasteiger partial charge in [-0.2, -0.15) is 5.10 Å². The highest BCUT2D eigenvalue weighted by Crippen LogP contribution is 2.33. The summed E-state index contributed by atoms with van der Waals surface area (Å²) in [6, 6.07) is 11.8. The lowest BCUT2D eigenvalue weighted by Crippen LogP contribution is -2.08. The van der Waals surface area contributed by atoms with E-state index < -0.39 is 5.97 Å². The Morgan fingerprint density at radius 2 is 1.86 bits per heavy atom. The molecule has 2 aromatic carbocycles. The minimum absolute atomic E-state index is 0.337. The number of nitrogens with zero attached hydrogens (tertiary/aromatic N) is 2. The Labute approximate surface area is 173 Å². The highest BCUT2D eigenvalue weighted by molar-refractivity contribution is 9.10. The zero-order valence-electron chi connectivity index (χ0n) is 15.4. The fourth-order valence-electron chi connectivity index (χ4n) is 3.13. The van der Waals surface area contributed by atoms with Crippen LogP contribution in [-0.4, -0.2) is 15.7 Å². The first kappa shape index (κ1) is 18.8. The highest BCUT2D eigenvalue weighted by Gasteiger charge is 2.20. The summed E-state index contributed by atoms with van der Waals surface area (Å²) in [4.78, 5) is 14.0. The standard InChI is InChI=1S/C21H16BrFN2O2S/c1-11-7-14(22)8-12(2)19(11)27-21(26)18-10-17-13(3)24-25(20(17)28-18)16-6-4-5-15(23)9-16/h4-10H,1-3H3. The molecule has 0 bridgehead atoms. The second-order valence-corrected chi connectivity index (χ2v) is 8.51. The van der Waals surface area contributed by atoms with Crippen molar-refractivity contribution in [3.63, 3.8) is 0 Å².